The summed E-state index contributed by atoms with van der Waals surface area (Å²) in [5.41, 5.74) is 15.3. The zero-order chi connectivity index (χ0) is 40.9. The minimum atomic E-state index is 0.0930. The van der Waals surface area contributed by atoms with Gasteiger partial charge in [0.2, 0.25) is 0 Å². The average molecular weight is 773 g/mol. The maximum atomic E-state index is 2.35. The summed E-state index contributed by atoms with van der Waals surface area (Å²) in [7, 11) is 0. The molecule has 0 atom stereocenters. The Morgan fingerprint density at radius 2 is 0.633 bits per heavy atom. The molecule has 0 aliphatic carbocycles. The van der Waals surface area contributed by atoms with Gasteiger partial charge in [-0.3, -0.25) is 0 Å². The Morgan fingerprint density at radius 3 is 1.07 bits per heavy atom. The van der Waals surface area contributed by atoms with Gasteiger partial charge in [0.25, 0.3) is 0 Å². The van der Waals surface area contributed by atoms with E-state index < -0.39 is 0 Å². The van der Waals surface area contributed by atoms with Crippen molar-refractivity contribution in [2.45, 2.75) is 26.2 Å². The van der Waals surface area contributed by atoms with Gasteiger partial charge in [0, 0.05) is 34.1 Å². The van der Waals surface area contributed by atoms with Gasteiger partial charge in [-0.25, -0.2) is 0 Å². The Balaban J connectivity index is 0.891. The van der Waals surface area contributed by atoms with Crippen LogP contribution >= 0.6 is 0 Å². The second-order valence-electron chi connectivity index (χ2n) is 16.3. The zero-order valence-electron chi connectivity index (χ0n) is 34.4. The number of para-hydroxylation sites is 2. The van der Waals surface area contributed by atoms with Crippen molar-refractivity contribution in [1.29, 1.82) is 0 Å². The van der Waals surface area contributed by atoms with Crippen LogP contribution in [-0.2, 0) is 5.41 Å². The fourth-order valence-electron chi connectivity index (χ4n) is 7.85. The van der Waals surface area contributed by atoms with Crippen LogP contribution in [0.1, 0.15) is 37.5 Å². The largest absolute Gasteiger partial charge is 0.311 e. The van der Waals surface area contributed by atoms with Crippen molar-refractivity contribution in [3.05, 3.63) is 241 Å². The van der Waals surface area contributed by atoms with E-state index >= 15 is 0 Å². The predicted molar refractivity (Wildman–Crippen MR) is 258 cm³/mol. The van der Waals surface area contributed by atoms with E-state index in [-0.39, 0.29) is 5.41 Å². The van der Waals surface area contributed by atoms with Gasteiger partial charge >= 0.3 is 0 Å². The summed E-state index contributed by atoms with van der Waals surface area (Å²) in [6.45, 7) is 6.78. The minimum Gasteiger partial charge on any atom is -0.311 e. The number of nitrogens with zero attached hydrogens (tertiary/aromatic N) is 2. The third kappa shape index (κ3) is 8.41. The van der Waals surface area contributed by atoms with Crippen molar-refractivity contribution in [2.75, 3.05) is 9.80 Å². The molecule has 0 saturated heterocycles. The Bertz CT molecular complexity index is 2790. The first-order valence-corrected chi connectivity index (χ1v) is 20.7. The maximum Gasteiger partial charge on any atom is 0.0468 e. The van der Waals surface area contributed by atoms with Crippen molar-refractivity contribution in [3.63, 3.8) is 0 Å². The number of anilines is 6. The van der Waals surface area contributed by atoms with Gasteiger partial charge < -0.3 is 9.80 Å². The SMILES string of the molecule is CC(C)(C)c1ccc(N(c2ccc(-c3ccc(C=Cc4ccc(-c5ccc(N(c6ccccc6)c6ccccc6)cc5)cc4)cc3)cc2)c2ccc3ccccc3c2)cc1. The highest BCUT2D eigenvalue weighted by molar-refractivity contribution is 5.89. The van der Waals surface area contributed by atoms with Gasteiger partial charge in [0.05, 0.1) is 0 Å². The average Bonchev–Trinajstić information content (AvgIpc) is 3.30. The number of hydrogen-bond acceptors (Lipinski definition) is 2. The number of benzene rings is 9. The molecule has 0 N–H and O–H groups in total. The fraction of sp³-hybridized carbons (Fsp3) is 0.0690. The molecule has 290 valence electrons. The van der Waals surface area contributed by atoms with Crippen LogP contribution in [0.25, 0.3) is 45.2 Å². The van der Waals surface area contributed by atoms with Crippen LogP contribution < -0.4 is 9.80 Å². The predicted octanol–water partition coefficient (Wildman–Crippen LogP) is 16.6. The molecule has 0 radical (unpaired) electrons. The monoisotopic (exact) mass is 772 g/mol. The normalized spacial score (nSPS) is 11.5. The Kier molecular flexibility index (Phi) is 10.7. The Hall–Kier alpha value is -7.42. The van der Waals surface area contributed by atoms with Crippen LogP contribution in [0.4, 0.5) is 34.1 Å². The quantitative estimate of drug-likeness (QED) is 0.128. The molecule has 9 aromatic carbocycles. The smallest absolute Gasteiger partial charge is 0.0468 e. The molecule has 0 aliphatic rings. The number of fused-ring (bicyclic) bond motifs is 1. The highest BCUT2D eigenvalue weighted by Crippen LogP contribution is 2.39. The molecular formula is C58H48N2. The topological polar surface area (TPSA) is 6.48 Å². The van der Waals surface area contributed by atoms with Crippen molar-refractivity contribution in [3.8, 4) is 22.3 Å². The molecule has 9 rings (SSSR count). The molecule has 0 bridgehead atoms. The van der Waals surface area contributed by atoms with Crippen LogP contribution in [-0.4, -0.2) is 0 Å². The lowest BCUT2D eigenvalue weighted by Gasteiger charge is -2.27. The van der Waals surface area contributed by atoms with Crippen LogP contribution in [0.5, 0.6) is 0 Å². The van der Waals surface area contributed by atoms with Crippen molar-refractivity contribution >= 4 is 57.0 Å². The molecule has 0 aromatic heterocycles. The Labute approximate surface area is 355 Å². The van der Waals surface area contributed by atoms with E-state index in [9.17, 15) is 0 Å². The molecule has 60 heavy (non-hydrogen) atoms. The summed E-state index contributed by atoms with van der Waals surface area (Å²) >= 11 is 0. The van der Waals surface area contributed by atoms with Gasteiger partial charge in [0.1, 0.15) is 0 Å². The molecule has 0 unspecified atom stereocenters. The van der Waals surface area contributed by atoms with Crippen molar-refractivity contribution in [1.82, 2.24) is 0 Å². The molecule has 0 spiro atoms. The van der Waals surface area contributed by atoms with Crippen LogP contribution in [0, 0.1) is 0 Å². The lowest BCUT2D eigenvalue weighted by Crippen LogP contribution is -2.13. The molecule has 0 saturated carbocycles. The van der Waals surface area contributed by atoms with E-state index in [2.05, 4.69) is 267 Å². The molecule has 0 heterocycles. The van der Waals surface area contributed by atoms with Gasteiger partial charge in [-0.05, 0) is 128 Å². The molecule has 0 amide bonds. The van der Waals surface area contributed by atoms with Gasteiger partial charge in [-0.15, -0.1) is 0 Å². The molecule has 2 nitrogen and oxygen atoms in total. The summed E-state index contributed by atoms with van der Waals surface area (Å²) in [5, 5.41) is 2.47. The van der Waals surface area contributed by atoms with Crippen molar-refractivity contribution < 1.29 is 0 Å². The van der Waals surface area contributed by atoms with Gasteiger partial charge in [-0.1, -0.05) is 185 Å². The lowest BCUT2D eigenvalue weighted by atomic mass is 9.87. The molecular weight excluding hydrogens is 725 g/mol. The number of hydrogen-bond donors (Lipinski definition) is 0. The van der Waals surface area contributed by atoms with Crippen LogP contribution in [0.15, 0.2) is 224 Å². The third-order valence-corrected chi connectivity index (χ3v) is 11.2. The molecule has 0 aliphatic heterocycles. The van der Waals surface area contributed by atoms with E-state index in [4.69, 9.17) is 0 Å². The second kappa shape index (κ2) is 16.8. The highest BCUT2D eigenvalue weighted by Gasteiger charge is 2.17. The van der Waals surface area contributed by atoms with E-state index in [1.165, 1.54) is 44.2 Å². The van der Waals surface area contributed by atoms with Gasteiger partial charge in [-0.2, -0.15) is 0 Å². The molecule has 0 fully saturated rings. The zero-order valence-corrected chi connectivity index (χ0v) is 34.4. The van der Waals surface area contributed by atoms with E-state index in [1.54, 1.807) is 0 Å². The lowest BCUT2D eigenvalue weighted by molar-refractivity contribution is 0.590. The molecule has 9 aromatic rings. The summed E-state index contributed by atoms with van der Waals surface area (Å²) in [6.07, 6.45) is 4.37. The first kappa shape index (κ1) is 38.1. The fourth-order valence-corrected chi connectivity index (χ4v) is 7.85. The first-order valence-electron chi connectivity index (χ1n) is 20.7. The van der Waals surface area contributed by atoms with Crippen LogP contribution in [0.2, 0.25) is 0 Å². The van der Waals surface area contributed by atoms with E-state index in [0.29, 0.717) is 0 Å². The summed E-state index contributed by atoms with van der Waals surface area (Å²) in [5.74, 6) is 0. The van der Waals surface area contributed by atoms with Crippen molar-refractivity contribution in [2.24, 2.45) is 0 Å². The van der Waals surface area contributed by atoms with E-state index in [1.807, 2.05) is 0 Å². The third-order valence-electron chi connectivity index (χ3n) is 11.2. The van der Waals surface area contributed by atoms with Gasteiger partial charge in [0.15, 0.2) is 0 Å². The maximum absolute atomic E-state index is 2.35. The highest BCUT2D eigenvalue weighted by atomic mass is 15.1. The standard InChI is InChI=1S/C58H48N2/c1-58(2,3)51-33-40-56(41-34-51)60(57-39-32-45-12-10-11-13-50(45)42-57)55-37-30-49(31-38-55)47-26-22-44(23-27-47)19-18-43-20-24-46(25-21-43)48-28-35-54(36-29-48)59(52-14-6-4-7-15-52)53-16-8-5-9-17-53/h4-42H,1-3H3. The minimum absolute atomic E-state index is 0.0930. The number of rotatable bonds is 10. The van der Waals surface area contributed by atoms with Crippen LogP contribution in [0.3, 0.4) is 0 Å². The first-order chi connectivity index (χ1) is 29.4. The summed E-state index contributed by atoms with van der Waals surface area (Å²) < 4.78 is 0. The van der Waals surface area contributed by atoms with E-state index in [0.717, 1.165) is 39.7 Å². The molecule has 2 heteroatoms. The summed E-state index contributed by atoms with van der Waals surface area (Å²) in [6, 6.07) is 80.7. The summed E-state index contributed by atoms with van der Waals surface area (Å²) in [4.78, 5) is 4.64. The second-order valence-corrected chi connectivity index (χ2v) is 16.3. The Morgan fingerprint density at radius 1 is 0.300 bits per heavy atom.